The van der Waals surface area contributed by atoms with Gasteiger partial charge in [-0.3, -0.25) is 4.79 Å². The largest absolute Gasteiger partial charge is 0.392 e. The highest BCUT2D eigenvalue weighted by molar-refractivity contribution is 7.80. The lowest BCUT2D eigenvalue weighted by molar-refractivity contribution is -0.129. The van der Waals surface area contributed by atoms with Crippen molar-refractivity contribution >= 4 is 23.1 Å². The van der Waals surface area contributed by atoms with Crippen molar-refractivity contribution in [3.63, 3.8) is 0 Å². The fourth-order valence-electron chi connectivity index (χ4n) is 5.21. The number of hydrogen-bond acceptors (Lipinski definition) is 2. The zero-order chi connectivity index (χ0) is 13.6. The van der Waals surface area contributed by atoms with Crippen LogP contribution in [-0.4, -0.2) is 16.9 Å². The Morgan fingerprint density at radius 3 is 2.16 bits per heavy atom. The molecule has 0 radical (unpaired) electrons. The van der Waals surface area contributed by atoms with E-state index < -0.39 is 0 Å². The van der Waals surface area contributed by atoms with Crippen LogP contribution in [0.5, 0.6) is 0 Å². The maximum Gasteiger partial charge on any atom is 0.221 e. The first-order chi connectivity index (χ1) is 8.96. The Kier molecular flexibility index (Phi) is 3.32. The van der Waals surface area contributed by atoms with Gasteiger partial charge in [0.1, 0.15) is 0 Å². The van der Waals surface area contributed by atoms with Crippen molar-refractivity contribution in [2.75, 3.05) is 0 Å². The van der Waals surface area contributed by atoms with Crippen LogP contribution in [0, 0.1) is 23.2 Å². The fraction of sp³-hybridized carbons (Fsp3) is 0.867. The summed E-state index contributed by atoms with van der Waals surface area (Å²) >= 11 is 4.92. The summed E-state index contributed by atoms with van der Waals surface area (Å²) in [4.78, 5) is 12.6. The summed E-state index contributed by atoms with van der Waals surface area (Å²) in [6, 6.07) is -0.184. The zero-order valence-corrected chi connectivity index (χ0v) is 12.5. The molecule has 4 aliphatic carbocycles. The van der Waals surface area contributed by atoms with Gasteiger partial charge < -0.3 is 11.1 Å². The summed E-state index contributed by atoms with van der Waals surface area (Å²) in [7, 11) is 0. The molecule has 0 aromatic heterocycles. The highest BCUT2D eigenvalue weighted by Gasteiger charge is 2.51. The summed E-state index contributed by atoms with van der Waals surface area (Å²) in [6.45, 7) is 1.86. The molecular formula is C15H24N2OS. The fourth-order valence-corrected chi connectivity index (χ4v) is 5.27. The van der Waals surface area contributed by atoms with Crippen LogP contribution in [0.15, 0.2) is 0 Å². The first kappa shape index (κ1) is 13.3. The van der Waals surface area contributed by atoms with Crippen molar-refractivity contribution in [3.8, 4) is 0 Å². The highest BCUT2D eigenvalue weighted by Crippen LogP contribution is 2.61. The summed E-state index contributed by atoms with van der Waals surface area (Å²) < 4.78 is 0. The van der Waals surface area contributed by atoms with Crippen LogP contribution in [0.4, 0.5) is 0 Å². The van der Waals surface area contributed by atoms with Crippen molar-refractivity contribution in [2.24, 2.45) is 28.9 Å². The van der Waals surface area contributed by atoms with E-state index in [0.29, 0.717) is 16.8 Å². The molecule has 4 fully saturated rings. The molecule has 4 heteroatoms. The second-order valence-electron chi connectivity index (χ2n) is 7.29. The third kappa shape index (κ3) is 2.64. The minimum absolute atomic E-state index is 0.141. The van der Waals surface area contributed by atoms with Crippen molar-refractivity contribution in [1.82, 2.24) is 5.32 Å². The number of carbonyl (C=O) groups excluding carboxylic acids is 1. The topological polar surface area (TPSA) is 55.1 Å². The van der Waals surface area contributed by atoms with E-state index in [1.807, 2.05) is 6.92 Å². The molecule has 4 bridgehead atoms. The van der Waals surface area contributed by atoms with Crippen molar-refractivity contribution in [1.29, 1.82) is 0 Å². The minimum Gasteiger partial charge on any atom is -0.392 e. The van der Waals surface area contributed by atoms with Crippen LogP contribution in [0.1, 0.15) is 51.9 Å². The van der Waals surface area contributed by atoms with Gasteiger partial charge in [0, 0.05) is 6.42 Å². The molecule has 3 nitrogen and oxygen atoms in total. The van der Waals surface area contributed by atoms with Gasteiger partial charge in [-0.05, 0) is 68.6 Å². The summed E-state index contributed by atoms with van der Waals surface area (Å²) in [6.07, 6.45) is 8.76. The predicted octanol–water partition coefficient (Wildman–Crippen LogP) is 2.38. The van der Waals surface area contributed by atoms with Crippen molar-refractivity contribution in [2.45, 2.75) is 57.9 Å². The SMILES string of the molecule is CC(NC(=O)CC12CC3CC(CC(C3)C1)C2)C(N)=S. The molecule has 0 heterocycles. The van der Waals surface area contributed by atoms with Crippen LogP contribution < -0.4 is 11.1 Å². The molecule has 0 aromatic rings. The monoisotopic (exact) mass is 280 g/mol. The zero-order valence-electron chi connectivity index (χ0n) is 11.7. The van der Waals surface area contributed by atoms with Crippen LogP contribution in [0.3, 0.4) is 0 Å². The molecule has 4 aliphatic rings. The van der Waals surface area contributed by atoms with Gasteiger partial charge in [-0.2, -0.15) is 0 Å². The van der Waals surface area contributed by atoms with Gasteiger partial charge in [-0.1, -0.05) is 12.2 Å². The van der Waals surface area contributed by atoms with Crippen molar-refractivity contribution < 1.29 is 4.79 Å². The number of nitrogens with one attached hydrogen (secondary N) is 1. The number of amides is 1. The molecule has 19 heavy (non-hydrogen) atoms. The molecule has 3 N–H and O–H groups in total. The minimum atomic E-state index is -0.184. The number of thiocarbonyl (C=S) groups is 1. The third-order valence-corrected chi connectivity index (χ3v) is 5.86. The molecule has 1 atom stereocenters. The smallest absolute Gasteiger partial charge is 0.221 e. The Morgan fingerprint density at radius 1 is 1.26 bits per heavy atom. The lowest BCUT2D eigenvalue weighted by Gasteiger charge is -2.56. The Balaban J connectivity index is 1.63. The molecule has 1 unspecified atom stereocenters. The first-order valence-electron chi connectivity index (χ1n) is 7.54. The van der Waals surface area contributed by atoms with E-state index in [2.05, 4.69) is 5.32 Å². The Labute approximate surface area is 120 Å². The Hall–Kier alpha value is -0.640. The maximum atomic E-state index is 12.2. The van der Waals surface area contributed by atoms with E-state index in [9.17, 15) is 4.79 Å². The van der Waals surface area contributed by atoms with Gasteiger partial charge in [0.25, 0.3) is 0 Å². The molecule has 4 saturated carbocycles. The van der Waals surface area contributed by atoms with Crippen molar-refractivity contribution in [3.05, 3.63) is 0 Å². The second kappa shape index (κ2) is 4.72. The van der Waals surface area contributed by atoms with Crippen LogP contribution in [0.2, 0.25) is 0 Å². The van der Waals surface area contributed by atoms with E-state index in [4.69, 9.17) is 18.0 Å². The Bertz CT molecular complexity index is 372. The van der Waals surface area contributed by atoms with Crippen LogP contribution in [0.25, 0.3) is 0 Å². The number of carbonyl (C=O) groups is 1. The van der Waals surface area contributed by atoms with Gasteiger partial charge in [-0.15, -0.1) is 0 Å². The summed E-state index contributed by atoms with van der Waals surface area (Å²) in [5.41, 5.74) is 5.86. The molecule has 1 amide bonds. The van der Waals surface area contributed by atoms with E-state index >= 15 is 0 Å². The average Bonchev–Trinajstić information content (AvgIpc) is 2.25. The summed E-state index contributed by atoms with van der Waals surface area (Å²) in [5.74, 6) is 2.83. The summed E-state index contributed by atoms with van der Waals surface area (Å²) in [5, 5.41) is 2.95. The molecule has 4 rings (SSSR count). The Morgan fingerprint density at radius 2 is 1.74 bits per heavy atom. The van der Waals surface area contributed by atoms with E-state index in [1.54, 1.807) is 0 Å². The van der Waals surface area contributed by atoms with Crippen LogP contribution >= 0.6 is 12.2 Å². The van der Waals surface area contributed by atoms with Gasteiger partial charge in [0.2, 0.25) is 5.91 Å². The predicted molar refractivity (Wildman–Crippen MR) is 79.6 cm³/mol. The molecular weight excluding hydrogens is 256 g/mol. The normalized spacial score (nSPS) is 41.0. The molecule has 0 spiro atoms. The number of hydrogen-bond donors (Lipinski definition) is 2. The second-order valence-corrected chi connectivity index (χ2v) is 7.76. The van der Waals surface area contributed by atoms with E-state index in [0.717, 1.165) is 17.8 Å². The van der Waals surface area contributed by atoms with Gasteiger partial charge >= 0.3 is 0 Å². The van der Waals surface area contributed by atoms with Gasteiger partial charge in [0.05, 0.1) is 11.0 Å². The van der Waals surface area contributed by atoms with E-state index in [1.165, 1.54) is 38.5 Å². The third-order valence-electron chi connectivity index (χ3n) is 5.50. The highest BCUT2D eigenvalue weighted by atomic mass is 32.1. The van der Waals surface area contributed by atoms with Gasteiger partial charge in [0.15, 0.2) is 0 Å². The quantitative estimate of drug-likeness (QED) is 0.777. The lowest BCUT2D eigenvalue weighted by atomic mass is 9.49. The molecule has 106 valence electrons. The average molecular weight is 280 g/mol. The molecule has 0 saturated heterocycles. The first-order valence-corrected chi connectivity index (χ1v) is 7.95. The van der Waals surface area contributed by atoms with E-state index in [-0.39, 0.29) is 11.9 Å². The molecule has 0 aliphatic heterocycles. The number of nitrogens with two attached hydrogens (primary N) is 1. The number of rotatable bonds is 4. The lowest BCUT2D eigenvalue weighted by Crippen LogP contribution is -2.49. The van der Waals surface area contributed by atoms with Crippen LogP contribution in [-0.2, 0) is 4.79 Å². The maximum absolute atomic E-state index is 12.2. The standard InChI is InChI=1S/C15H24N2OS/c1-9(14(16)19)17-13(18)8-15-5-10-2-11(6-15)4-12(3-10)7-15/h9-12H,2-8H2,1H3,(H2,16,19)(H,17,18). The van der Waals surface area contributed by atoms with Gasteiger partial charge in [-0.25, -0.2) is 0 Å². The molecule has 0 aromatic carbocycles.